The second-order valence-corrected chi connectivity index (χ2v) is 6.22. The van der Waals surface area contributed by atoms with Crippen molar-refractivity contribution in [1.82, 2.24) is 0 Å². The molecule has 152 valence electrons. The van der Waals surface area contributed by atoms with E-state index in [-0.39, 0.29) is 17.9 Å². The molecule has 0 aliphatic rings. The van der Waals surface area contributed by atoms with Crippen molar-refractivity contribution in [2.75, 3.05) is 19.0 Å². The molecule has 0 atom stereocenters. The Bertz CT molecular complexity index is 969. The van der Waals surface area contributed by atoms with Crippen LogP contribution in [-0.2, 0) is 20.7 Å². The van der Waals surface area contributed by atoms with Crippen molar-refractivity contribution in [3.63, 3.8) is 0 Å². The van der Waals surface area contributed by atoms with E-state index in [0.717, 1.165) is 0 Å². The summed E-state index contributed by atoms with van der Waals surface area (Å²) in [5, 5.41) is 13.3. The number of rotatable bonds is 8. The number of ether oxygens (including phenoxy) is 2. The van der Waals surface area contributed by atoms with Crippen LogP contribution in [0.15, 0.2) is 36.4 Å². The van der Waals surface area contributed by atoms with E-state index >= 15 is 0 Å². The fourth-order valence-corrected chi connectivity index (χ4v) is 2.58. The summed E-state index contributed by atoms with van der Waals surface area (Å²) in [6, 6.07) is 8.73. The van der Waals surface area contributed by atoms with Gasteiger partial charge in [-0.05, 0) is 43.7 Å². The predicted octanol–water partition coefficient (Wildman–Crippen LogP) is 2.84. The Hall–Kier alpha value is -3.75. The van der Waals surface area contributed by atoms with Gasteiger partial charge in [0.1, 0.15) is 5.75 Å². The maximum absolute atomic E-state index is 12.1. The zero-order chi connectivity index (χ0) is 21.6. The lowest BCUT2D eigenvalue weighted by atomic mass is 10.0. The lowest BCUT2D eigenvalue weighted by Gasteiger charge is -2.11. The minimum Gasteiger partial charge on any atom is -0.496 e. The molecule has 2 aromatic rings. The molecular weight excluding hydrogens is 380 g/mol. The highest BCUT2D eigenvalue weighted by Gasteiger charge is 2.15. The minimum atomic E-state index is -0.667. The molecule has 0 saturated heterocycles. The summed E-state index contributed by atoms with van der Waals surface area (Å²) < 4.78 is 10.2. The van der Waals surface area contributed by atoms with Crippen molar-refractivity contribution < 1.29 is 28.8 Å². The Balaban J connectivity index is 1.96. The van der Waals surface area contributed by atoms with Crippen LogP contribution in [0, 0.1) is 17.0 Å². The third-order valence-electron chi connectivity index (χ3n) is 4.08. The van der Waals surface area contributed by atoms with Gasteiger partial charge in [-0.3, -0.25) is 24.5 Å². The average Bonchev–Trinajstić information content (AvgIpc) is 2.67. The van der Waals surface area contributed by atoms with E-state index in [1.54, 1.807) is 25.1 Å². The van der Waals surface area contributed by atoms with Crippen molar-refractivity contribution in [1.29, 1.82) is 0 Å². The largest absolute Gasteiger partial charge is 0.496 e. The van der Waals surface area contributed by atoms with Gasteiger partial charge < -0.3 is 14.8 Å². The molecule has 0 saturated carbocycles. The van der Waals surface area contributed by atoms with Gasteiger partial charge in [-0.15, -0.1) is 0 Å². The number of carbonyl (C=O) groups is 3. The summed E-state index contributed by atoms with van der Waals surface area (Å²) in [6.45, 7) is 2.50. The molecular formula is C20H20N2O7. The molecule has 0 aliphatic heterocycles. The SMILES string of the molecule is COc1ccc(C(C)=O)cc1CC(=O)OCC(=O)Nc1ccc([N+](=O)[O-])cc1C. The van der Waals surface area contributed by atoms with Crippen molar-refractivity contribution in [3.05, 3.63) is 63.2 Å². The molecule has 9 heteroatoms. The zero-order valence-corrected chi connectivity index (χ0v) is 16.2. The number of nitrogens with zero attached hydrogens (tertiary/aromatic N) is 1. The molecule has 0 unspecified atom stereocenters. The number of non-ortho nitro benzene ring substituents is 1. The number of carbonyl (C=O) groups excluding carboxylic acids is 3. The van der Waals surface area contributed by atoms with E-state index < -0.39 is 23.4 Å². The summed E-state index contributed by atoms with van der Waals surface area (Å²) in [5.41, 5.74) is 1.70. The van der Waals surface area contributed by atoms with E-state index in [4.69, 9.17) is 9.47 Å². The second kappa shape index (κ2) is 9.45. The van der Waals surface area contributed by atoms with Crippen LogP contribution >= 0.6 is 0 Å². The number of benzene rings is 2. The molecule has 1 N–H and O–H groups in total. The maximum atomic E-state index is 12.1. The number of aryl methyl sites for hydroxylation is 1. The monoisotopic (exact) mass is 400 g/mol. The third-order valence-corrected chi connectivity index (χ3v) is 4.08. The summed E-state index contributed by atoms with van der Waals surface area (Å²) in [4.78, 5) is 45.8. The molecule has 2 rings (SSSR count). The van der Waals surface area contributed by atoms with Gasteiger partial charge in [0.2, 0.25) is 0 Å². The molecule has 0 heterocycles. The summed E-state index contributed by atoms with van der Waals surface area (Å²) in [6.07, 6.45) is -0.172. The quantitative estimate of drug-likeness (QED) is 0.313. The van der Waals surface area contributed by atoms with Crippen LogP contribution in [0.3, 0.4) is 0 Å². The molecule has 0 radical (unpaired) electrons. The number of nitro benzene ring substituents is 1. The Kier molecular flexibility index (Phi) is 7.02. The standard InChI is InChI=1S/C20H20N2O7/c1-12-8-16(22(26)27)5-6-17(12)21-19(24)11-29-20(25)10-15-9-14(13(2)23)4-7-18(15)28-3/h4-9H,10-11H2,1-3H3,(H,21,24). The molecule has 0 fully saturated rings. The number of nitro groups is 1. The first-order valence-electron chi connectivity index (χ1n) is 8.59. The third kappa shape index (κ3) is 5.86. The normalized spacial score (nSPS) is 10.2. The number of nitrogens with one attached hydrogen (secondary N) is 1. The Morgan fingerprint density at radius 2 is 1.86 bits per heavy atom. The number of methoxy groups -OCH3 is 1. The van der Waals surface area contributed by atoms with Gasteiger partial charge in [-0.2, -0.15) is 0 Å². The lowest BCUT2D eigenvalue weighted by Crippen LogP contribution is -2.22. The predicted molar refractivity (Wildman–Crippen MR) is 104 cm³/mol. The van der Waals surface area contributed by atoms with Gasteiger partial charge in [0.25, 0.3) is 11.6 Å². The first kappa shape index (κ1) is 21.5. The van der Waals surface area contributed by atoms with Gasteiger partial charge in [-0.25, -0.2) is 0 Å². The van der Waals surface area contributed by atoms with Gasteiger partial charge in [0, 0.05) is 28.9 Å². The highest BCUT2D eigenvalue weighted by molar-refractivity contribution is 5.95. The van der Waals surface area contributed by atoms with E-state index in [9.17, 15) is 24.5 Å². The fourth-order valence-electron chi connectivity index (χ4n) is 2.58. The smallest absolute Gasteiger partial charge is 0.310 e. The number of hydrogen-bond donors (Lipinski definition) is 1. The van der Waals surface area contributed by atoms with E-state index in [1.807, 2.05) is 0 Å². The van der Waals surface area contributed by atoms with Crippen LogP contribution in [0.5, 0.6) is 5.75 Å². The number of Topliss-reactive ketones (excluding diaryl/α,β-unsaturated/α-hetero) is 1. The zero-order valence-electron chi connectivity index (χ0n) is 16.2. The molecule has 0 aliphatic carbocycles. The van der Waals surface area contributed by atoms with Crippen LogP contribution in [0.4, 0.5) is 11.4 Å². The fraction of sp³-hybridized carbons (Fsp3) is 0.250. The van der Waals surface area contributed by atoms with Crippen molar-refractivity contribution >= 4 is 29.0 Å². The van der Waals surface area contributed by atoms with Crippen LogP contribution in [0.1, 0.15) is 28.4 Å². The summed E-state index contributed by atoms with van der Waals surface area (Å²) in [5.74, 6) is -0.975. The first-order valence-corrected chi connectivity index (χ1v) is 8.59. The molecule has 9 nitrogen and oxygen atoms in total. The van der Waals surface area contributed by atoms with E-state index in [2.05, 4.69) is 5.32 Å². The number of esters is 1. The van der Waals surface area contributed by atoms with Crippen molar-refractivity contribution in [2.45, 2.75) is 20.3 Å². The summed E-state index contributed by atoms with van der Waals surface area (Å²) >= 11 is 0. The molecule has 0 spiro atoms. The Morgan fingerprint density at radius 1 is 1.14 bits per heavy atom. The number of amides is 1. The molecule has 0 aromatic heterocycles. The van der Waals surface area contributed by atoms with Crippen LogP contribution < -0.4 is 10.1 Å². The van der Waals surface area contributed by atoms with E-state index in [0.29, 0.717) is 28.1 Å². The average molecular weight is 400 g/mol. The molecule has 1 amide bonds. The second-order valence-electron chi connectivity index (χ2n) is 6.22. The Morgan fingerprint density at radius 3 is 2.45 bits per heavy atom. The van der Waals surface area contributed by atoms with Gasteiger partial charge in [-0.1, -0.05) is 0 Å². The van der Waals surface area contributed by atoms with Crippen molar-refractivity contribution in [2.24, 2.45) is 0 Å². The molecule has 0 bridgehead atoms. The van der Waals surface area contributed by atoms with Gasteiger partial charge in [0.05, 0.1) is 18.5 Å². The van der Waals surface area contributed by atoms with Crippen molar-refractivity contribution in [3.8, 4) is 5.75 Å². The van der Waals surface area contributed by atoms with E-state index in [1.165, 1.54) is 32.2 Å². The van der Waals surface area contributed by atoms with Crippen LogP contribution in [-0.4, -0.2) is 36.3 Å². The van der Waals surface area contributed by atoms with Gasteiger partial charge in [0.15, 0.2) is 12.4 Å². The van der Waals surface area contributed by atoms with Crippen LogP contribution in [0.2, 0.25) is 0 Å². The molecule has 2 aromatic carbocycles. The maximum Gasteiger partial charge on any atom is 0.310 e. The number of ketones is 1. The minimum absolute atomic E-state index is 0.0892. The first-order chi connectivity index (χ1) is 13.7. The molecule has 29 heavy (non-hydrogen) atoms. The highest BCUT2D eigenvalue weighted by atomic mass is 16.6. The van der Waals surface area contributed by atoms with Gasteiger partial charge >= 0.3 is 5.97 Å². The number of hydrogen-bond acceptors (Lipinski definition) is 7. The Labute approximate surface area is 166 Å². The van der Waals surface area contributed by atoms with Crippen LogP contribution in [0.25, 0.3) is 0 Å². The lowest BCUT2D eigenvalue weighted by molar-refractivity contribution is -0.384. The number of anilines is 1. The highest BCUT2D eigenvalue weighted by Crippen LogP contribution is 2.22. The summed E-state index contributed by atoms with van der Waals surface area (Å²) in [7, 11) is 1.44. The topological polar surface area (TPSA) is 125 Å².